The van der Waals surface area contributed by atoms with E-state index in [-0.39, 0.29) is 0 Å². The van der Waals surface area contributed by atoms with Crippen molar-refractivity contribution in [1.82, 2.24) is 9.97 Å². The summed E-state index contributed by atoms with van der Waals surface area (Å²) in [6.45, 7) is 0. The lowest BCUT2D eigenvalue weighted by Crippen LogP contribution is -1.96. The summed E-state index contributed by atoms with van der Waals surface area (Å²) in [6, 6.07) is 72.2. The van der Waals surface area contributed by atoms with Gasteiger partial charge in [-0.3, -0.25) is 0 Å². The predicted molar refractivity (Wildman–Crippen MR) is 227 cm³/mol. The van der Waals surface area contributed by atoms with Crippen LogP contribution < -0.4 is 0 Å². The zero-order valence-electron chi connectivity index (χ0n) is 29.9. The van der Waals surface area contributed by atoms with E-state index in [1.165, 1.54) is 33.4 Å². The third kappa shape index (κ3) is 6.28. The Labute approximate surface area is 319 Å². The summed E-state index contributed by atoms with van der Waals surface area (Å²) in [7, 11) is 0. The molecule has 10 aromatic rings. The highest BCUT2D eigenvalue weighted by Gasteiger charge is 2.18. The highest BCUT2D eigenvalue weighted by molar-refractivity contribution is 6.12. The van der Waals surface area contributed by atoms with Gasteiger partial charge in [0.25, 0.3) is 0 Å². The van der Waals surface area contributed by atoms with Gasteiger partial charge in [-0.2, -0.15) is 0 Å². The number of nitrogens with zero attached hydrogens (tertiary/aromatic N) is 2. The lowest BCUT2D eigenvalue weighted by Gasteiger charge is -2.11. The molecule has 8 aromatic carbocycles. The van der Waals surface area contributed by atoms with E-state index in [1.54, 1.807) is 0 Å². The molecular weight excluding hydrogens is 669 g/mol. The standard InChI is InChI=1S/C52H34N2O/c1-4-12-35(13-5-1)37-26-28-41(29-27-37)48-34-47(40-16-8-3-9-17-40)53-52(54-48)45-20-11-21-50-51(45)46-33-44(30-31-49(46)55-50)39-24-22-38(23-25-39)43-19-10-18-42(32-43)36-14-6-2-7-15-36/h1-34H. The normalized spacial score (nSPS) is 11.3. The van der Waals surface area contributed by atoms with E-state index < -0.39 is 0 Å². The smallest absolute Gasteiger partial charge is 0.161 e. The molecule has 0 amide bonds. The number of aromatic nitrogens is 2. The number of hydrogen-bond acceptors (Lipinski definition) is 3. The summed E-state index contributed by atoms with van der Waals surface area (Å²) in [5.74, 6) is 0.657. The van der Waals surface area contributed by atoms with Crippen molar-refractivity contribution in [2.75, 3.05) is 0 Å². The summed E-state index contributed by atoms with van der Waals surface area (Å²) in [5.41, 5.74) is 15.8. The molecule has 0 bridgehead atoms. The largest absolute Gasteiger partial charge is 0.456 e. The van der Waals surface area contributed by atoms with Gasteiger partial charge in [-0.25, -0.2) is 9.97 Å². The lowest BCUT2D eigenvalue weighted by molar-refractivity contribution is 0.669. The van der Waals surface area contributed by atoms with Crippen molar-refractivity contribution in [3.8, 4) is 78.4 Å². The van der Waals surface area contributed by atoms with Crippen LogP contribution in [0.4, 0.5) is 0 Å². The van der Waals surface area contributed by atoms with Crippen molar-refractivity contribution in [3.63, 3.8) is 0 Å². The topological polar surface area (TPSA) is 38.9 Å². The second kappa shape index (κ2) is 13.9. The van der Waals surface area contributed by atoms with Crippen LogP contribution in [0.2, 0.25) is 0 Å². The van der Waals surface area contributed by atoms with Crippen molar-refractivity contribution in [2.45, 2.75) is 0 Å². The molecule has 258 valence electrons. The van der Waals surface area contributed by atoms with E-state index in [2.05, 4.69) is 170 Å². The van der Waals surface area contributed by atoms with Crippen molar-refractivity contribution < 1.29 is 4.42 Å². The van der Waals surface area contributed by atoms with Crippen LogP contribution in [0.25, 0.3) is 100 Å². The van der Waals surface area contributed by atoms with Crippen molar-refractivity contribution >= 4 is 21.9 Å². The highest BCUT2D eigenvalue weighted by atomic mass is 16.3. The molecule has 0 aliphatic rings. The molecule has 3 nitrogen and oxygen atoms in total. The minimum absolute atomic E-state index is 0.657. The first-order chi connectivity index (χ1) is 27.2. The van der Waals surface area contributed by atoms with Crippen molar-refractivity contribution in [3.05, 3.63) is 206 Å². The monoisotopic (exact) mass is 702 g/mol. The maximum atomic E-state index is 6.46. The Hall–Kier alpha value is -7.36. The third-order valence-electron chi connectivity index (χ3n) is 10.3. The number of rotatable bonds is 7. The van der Waals surface area contributed by atoms with Crippen LogP contribution in [0.5, 0.6) is 0 Å². The second-order valence-electron chi connectivity index (χ2n) is 13.8. The van der Waals surface area contributed by atoms with Crippen LogP contribution in [-0.2, 0) is 0 Å². The van der Waals surface area contributed by atoms with Crippen LogP contribution in [0.15, 0.2) is 211 Å². The quantitative estimate of drug-likeness (QED) is 0.166. The Kier molecular flexibility index (Phi) is 8.16. The Morgan fingerprint density at radius 1 is 0.291 bits per heavy atom. The molecule has 10 rings (SSSR count). The molecule has 3 heteroatoms. The minimum Gasteiger partial charge on any atom is -0.456 e. The third-order valence-corrected chi connectivity index (χ3v) is 10.3. The van der Waals surface area contributed by atoms with Gasteiger partial charge in [-0.15, -0.1) is 0 Å². The van der Waals surface area contributed by atoms with Gasteiger partial charge in [-0.05, 0) is 74.8 Å². The van der Waals surface area contributed by atoms with E-state index >= 15 is 0 Å². The van der Waals surface area contributed by atoms with Crippen LogP contribution >= 0.6 is 0 Å². The molecule has 0 spiro atoms. The van der Waals surface area contributed by atoms with E-state index in [0.29, 0.717) is 5.82 Å². The first kappa shape index (κ1) is 32.3. The number of hydrogen-bond donors (Lipinski definition) is 0. The maximum Gasteiger partial charge on any atom is 0.161 e. The summed E-state index contributed by atoms with van der Waals surface area (Å²) in [5, 5.41) is 2.04. The van der Waals surface area contributed by atoms with Gasteiger partial charge in [0.1, 0.15) is 11.2 Å². The zero-order valence-corrected chi connectivity index (χ0v) is 29.9. The van der Waals surface area contributed by atoms with E-state index in [4.69, 9.17) is 14.4 Å². The molecule has 0 aliphatic heterocycles. The molecule has 0 saturated carbocycles. The summed E-state index contributed by atoms with van der Waals surface area (Å²) in [6.07, 6.45) is 0. The van der Waals surface area contributed by atoms with Gasteiger partial charge in [0.05, 0.1) is 11.4 Å². The predicted octanol–water partition coefficient (Wildman–Crippen LogP) is 14.0. The van der Waals surface area contributed by atoms with Crippen molar-refractivity contribution in [2.24, 2.45) is 0 Å². The fourth-order valence-electron chi connectivity index (χ4n) is 7.49. The summed E-state index contributed by atoms with van der Waals surface area (Å²) in [4.78, 5) is 10.4. The van der Waals surface area contributed by atoms with Gasteiger partial charge in [0.15, 0.2) is 5.82 Å². The Bertz CT molecular complexity index is 2930. The molecule has 0 atom stereocenters. The SMILES string of the molecule is c1ccc(-c2ccc(-c3cc(-c4ccccc4)nc(-c4cccc5oc6ccc(-c7ccc(-c8cccc(-c9ccccc9)c8)cc7)cc6c45)n3)cc2)cc1. The van der Waals surface area contributed by atoms with E-state index in [9.17, 15) is 0 Å². The number of benzene rings is 8. The summed E-state index contributed by atoms with van der Waals surface area (Å²) < 4.78 is 6.46. The van der Waals surface area contributed by atoms with Gasteiger partial charge in [0, 0.05) is 27.5 Å². The van der Waals surface area contributed by atoms with Crippen molar-refractivity contribution in [1.29, 1.82) is 0 Å². The average Bonchev–Trinajstić information content (AvgIpc) is 3.66. The molecule has 2 heterocycles. The van der Waals surface area contributed by atoms with E-state index in [0.717, 1.165) is 61.1 Å². The summed E-state index contributed by atoms with van der Waals surface area (Å²) >= 11 is 0. The minimum atomic E-state index is 0.657. The molecular formula is C52H34N2O. The second-order valence-corrected chi connectivity index (χ2v) is 13.8. The van der Waals surface area contributed by atoms with Crippen LogP contribution in [0.3, 0.4) is 0 Å². The van der Waals surface area contributed by atoms with E-state index in [1.807, 2.05) is 36.4 Å². The van der Waals surface area contributed by atoms with Crippen LogP contribution in [0, 0.1) is 0 Å². The molecule has 0 radical (unpaired) electrons. The molecule has 0 aliphatic carbocycles. The molecule has 0 fully saturated rings. The van der Waals surface area contributed by atoms with Gasteiger partial charge in [0.2, 0.25) is 0 Å². The fourth-order valence-corrected chi connectivity index (χ4v) is 7.49. The van der Waals surface area contributed by atoms with Gasteiger partial charge in [-0.1, -0.05) is 176 Å². The molecule has 0 saturated heterocycles. The molecule has 2 aromatic heterocycles. The Balaban J connectivity index is 1.05. The molecule has 55 heavy (non-hydrogen) atoms. The van der Waals surface area contributed by atoms with Gasteiger partial charge < -0.3 is 4.42 Å². The molecule has 0 unspecified atom stereocenters. The fraction of sp³-hybridized carbons (Fsp3) is 0. The zero-order chi connectivity index (χ0) is 36.6. The highest BCUT2D eigenvalue weighted by Crippen LogP contribution is 2.39. The number of furan rings is 1. The lowest BCUT2D eigenvalue weighted by atomic mass is 9.96. The maximum absolute atomic E-state index is 6.46. The van der Waals surface area contributed by atoms with Crippen LogP contribution in [-0.4, -0.2) is 9.97 Å². The Morgan fingerprint density at radius 3 is 1.31 bits per heavy atom. The first-order valence-corrected chi connectivity index (χ1v) is 18.6. The number of fused-ring (bicyclic) bond motifs is 3. The average molecular weight is 703 g/mol. The van der Waals surface area contributed by atoms with Crippen LogP contribution in [0.1, 0.15) is 0 Å². The van der Waals surface area contributed by atoms with Gasteiger partial charge >= 0.3 is 0 Å². The molecule has 0 N–H and O–H groups in total. The Morgan fingerprint density at radius 2 is 0.709 bits per heavy atom. The first-order valence-electron chi connectivity index (χ1n) is 18.6.